The number of phosphoric ester groups is 1. The van der Waals surface area contributed by atoms with Gasteiger partial charge in [0.1, 0.15) is 3.57 Å². The lowest BCUT2D eigenvalue weighted by molar-refractivity contribution is 0.101. The molecule has 0 heterocycles. The van der Waals surface area contributed by atoms with Crippen LogP contribution in [0.25, 0.3) is 0 Å². The fraction of sp³-hybridized carbons (Fsp3) is 0.125. The first-order valence-electron chi connectivity index (χ1n) is 4.17. The van der Waals surface area contributed by atoms with Crippen LogP contribution in [0.1, 0.15) is 17.3 Å². The average molecular weight is 374 g/mol. The van der Waals surface area contributed by atoms with Gasteiger partial charge in [0.05, 0.1) is 0 Å². The van der Waals surface area contributed by atoms with Gasteiger partial charge in [0, 0.05) is 5.56 Å². The molecular weight excluding hydrogens is 366 g/mol. The Morgan fingerprint density at radius 3 is 2.35 bits per heavy atom. The first kappa shape index (κ1) is 14.2. The third-order valence-corrected chi connectivity index (χ3v) is 4.14. The minimum atomic E-state index is -4.87. The molecule has 1 aromatic carbocycles. The zero-order valence-electron chi connectivity index (χ0n) is 8.49. The van der Waals surface area contributed by atoms with E-state index in [0.717, 1.165) is 13.0 Å². The van der Waals surface area contributed by atoms with Crippen molar-refractivity contribution in [2.75, 3.05) is 0 Å². The summed E-state index contributed by atoms with van der Waals surface area (Å²) in [5, 5.41) is 0. The second kappa shape index (κ2) is 5.21. The van der Waals surface area contributed by atoms with Crippen LogP contribution in [0.3, 0.4) is 0 Å². The van der Waals surface area contributed by atoms with Gasteiger partial charge >= 0.3 is 27.6 Å². The van der Waals surface area contributed by atoms with E-state index in [1.165, 1.54) is 12.1 Å². The molecule has 1 rings (SSSR count). The zero-order chi connectivity index (χ0) is 13.2. The van der Waals surface area contributed by atoms with Crippen molar-refractivity contribution in [3.05, 3.63) is 27.3 Å². The van der Waals surface area contributed by atoms with Crippen molar-refractivity contribution in [2.45, 2.75) is 6.92 Å². The van der Waals surface area contributed by atoms with Crippen LogP contribution < -0.4 is 4.52 Å². The van der Waals surface area contributed by atoms with E-state index >= 15 is 0 Å². The van der Waals surface area contributed by atoms with E-state index in [4.69, 9.17) is 9.79 Å². The summed E-state index contributed by atoms with van der Waals surface area (Å²) in [4.78, 5) is 28.4. The van der Waals surface area contributed by atoms with Crippen molar-refractivity contribution in [2.24, 2.45) is 0 Å². The Labute approximate surface area is 103 Å². The Morgan fingerprint density at radius 2 is 1.94 bits per heavy atom. The smallest absolute Gasteiger partial charge is 0.403 e. The summed E-state index contributed by atoms with van der Waals surface area (Å²) in [6.45, 7) is 1.15. The van der Waals surface area contributed by atoms with Gasteiger partial charge in [-0.25, -0.2) is 10.7 Å². The molecule has 0 bridgehead atoms. The number of hydrogen-bond acceptors (Lipinski definition) is 5. The van der Waals surface area contributed by atoms with Crippen LogP contribution in [0.15, 0.2) is 18.2 Å². The molecule has 17 heavy (non-hydrogen) atoms. The number of hydrogen-bond donors (Lipinski definition) is 2. The van der Waals surface area contributed by atoms with Gasteiger partial charge in [0.2, 0.25) is 0 Å². The lowest BCUT2D eigenvalue weighted by atomic mass is 10.1. The minimum absolute atomic E-state index is 0.133. The monoisotopic (exact) mass is 374 g/mol. The van der Waals surface area contributed by atoms with Gasteiger partial charge in [-0.15, -0.1) is 0 Å². The highest BCUT2D eigenvalue weighted by Gasteiger charge is 2.23. The molecule has 0 aliphatic carbocycles. The van der Waals surface area contributed by atoms with Crippen LogP contribution in [0.2, 0.25) is 0 Å². The van der Waals surface area contributed by atoms with Crippen molar-refractivity contribution in [3.63, 3.8) is 0 Å². The highest BCUT2D eigenvalue weighted by atomic mass is 127. The molecule has 0 atom stereocenters. The molecule has 0 spiro atoms. The lowest BCUT2D eigenvalue weighted by Gasteiger charge is -2.09. The summed E-state index contributed by atoms with van der Waals surface area (Å²) in [6, 6.07) is 3.62. The van der Waals surface area contributed by atoms with Crippen LogP contribution in [0.5, 0.6) is 5.75 Å². The Bertz CT molecular complexity index is 563. The Balaban J connectivity index is 3.46. The molecule has 7 nitrogen and oxygen atoms in total. The first-order chi connectivity index (χ1) is 7.72. The molecule has 0 saturated carbocycles. The topological polar surface area (TPSA) is 118 Å². The highest BCUT2D eigenvalue weighted by Crippen LogP contribution is 2.42. The van der Waals surface area contributed by atoms with E-state index in [-0.39, 0.29) is 5.56 Å². The van der Waals surface area contributed by atoms with Crippen molar-refractivity contribution >= 4 is 33.4 Å². The summed E-state index contributed by atoms with van der Waals surface area (Å²) in [7, 11) is -4.87. The maximum Gasteiger partial charge on any atom is 0.524 e. The maximum absolute atomic E-state index is 11.2. The Morgan fingerprint density at radius 1 is 1.35 bits per heavy atom. The normalized spacial score (nSPS) is 11.5. The van der Waals surface area contributed by atoms with Crippen LogP contribution in [0, 0.1) is 3.57 Å². The fourth-order valence-electron chi connectivity index (χ4n) is 1.14. The van der Waals surface area contributed by atoms with Gasteiger partial charge in [-0.1, -0.05) is 6.07 Å². The Hall–Kier alpha value is -0.830. The zero-order valence-corrected chi connectivity index (χ0v) is 11.5. The fourth-order valence-corrected chi connectivity index (χ4v) is 3.48. The Kier molecular flexibility index (Phi) is 4.36. The van der Waals surface area contributed by atoms with Gasteiger partial charge in [-0.2, -0.15) is 0 Å². The molecule has 0 aliphatic heterocycles. The number of ketones is 1. The standard InChI is InChI=1S/C8H8IO7P/c1-5(10)6-3-2-4-7(8(6)9(11)12)16-17(13,14)15/h2-4H,1H3,(H2,13,14,15). The predicted octanol–water partition coefficient (Wildman–Crippen LogP) is 1.73. The average Bonchev–Trinajstić information content (AvgIpc) is 2.14. The molecule has 9 heteroatoms. The van der Waals surface area contributed by atoms with Gasteiger partial charge < -0.3 is 4.52 Å². The van der Waals surface area contributed by atoms with Crippen molar-refractivity contribution < 1.29 is 29.8 Å². The number of carbonyl (C=O) groups excluding carboxylic acids is 1. The lowest BCUT2D eigenvalue weighted by Crippen LogP contribution is -2.00. The van der Waals surface area contributed by atoms with Gasteiger partial charge in [-0.05, 0) is 19.1 Å². The molecule has 0 unspecified atom stereocenters. The molecule has 2 N–H and O–H groups in total. The summed E-state index contributed by atoms with van der Waals surface area (Å²) in [5.74, 6) is -1.02. The molecule has 0 fully saturated rings. The number of halogens is 1. The molecular formula is C8H8IO7P. The van der Waals surface area contributed by atoms with E-state index in [9.17, 15) is 15.5 Å². The molecule has 0 saturated heterocycles. The van der Waals surface area contributed by atoms with Gasteiger partial charge in [0.15, 0.2) is 11.5 Å². The van der Waals surface area contributed by atoms with Gasteiger partial charge in [0.25, 0.3) is 0 Å². The van der Waals surface area contributed by atoms with Crippen molar-refractivity contribution in [1.82, 2.24) is 0 Å². The summed E-state index contributed by atoms with van der Waals surface area (Å²) >= 11 is -4.12. The summed E-state index contributed by atoms with van der Waals surface area (Å²) in [6.07, 6.45) is 0. The molecule has 0 aliphatic rings. The van der Waals surface area contributed by atoms with E-state index in [0.29, 0.717) is 0 Å². The van der Waals surface area contributed by atoms with Crippen LogP contribution in [-0.4, -0.2) is 15.6 Å². The van der Waals surface area contributed by atoms with Gasteiger partial charge in [-0.3, -0.25) is 14.6 Å². The predicted molar refractivity (Wildman–Crippen MR) is 63.2 cm³/mol. The molecule has 0 aromatic heterocycles. The summed E-state index contributed by atoms with van der Waals surface area (Å²) < 4.78 is 36.6. The molecule has 0 radical (unpaired) electrons. The van der Waals surface area contributed by atoms with Crippen molar-refractivity contribution in [1.29, 1.82) is 0 Å². The van der Waals surface area contributed by atoms with Crippen LogP contribution in [-0.2, 0) is 10.7 Å². The quantitative estimate of drug-likeness (QED) is 0.468. The number of phosphoric acid groups is 1. The molecule has 94 valence electrons. The molecule has 1 aromatic rings. The highest BCUT2D eigenvalue weighted by molar-refractivity contribution is 14.2. The maximum atomic E-state index is 11.2. The van der Waals surface area contributed by atoms with E-state index in [2.05, 4.69) is 4.52 Å². The number of Topliss-reactive ketones (excluding diaryl/α,β-unsaturated/α-hetero) is 1. The molecule has 0 amide bonds. The second-order valence-electron chi connectivity index (χ2n) is 2.97. The number of rotatable bonds is 4. The second-order valence-corrected chi connectivity index (χ2v) is 6.46. The van der Waals surface area contributed by atoms with E-state index in [1.807, 2.05) is 0 Å². The van der Waals surface area contributed by atoms with E-state index < -0.39 is 42.7 Å². The minimum Gasteiger partial charge on any atom is -0.403 e. The largest absolute Gasteiger partial charge is 0.524 e. The third kappa shape index (κ3) is 3.84. The number of benzene rings is 1. The number of carbonyl (C=O) groups is 1. The first-order valence-corrected chi connectivity index (χ1v) is 8.54. The summed E-state index contributed by atoms with van der Waals surface area (Å²) in [5.41, 5.74) is -0.133. The SMILES string of the molecule is CC(=O)c1cccc(OP(=O)(O)O)c1I(=O)=O. The van der Waals surface area contributed by atoms with Crippen molar-refractivity contribution in [3.8, 4) is 5.75 Å². The van der Waals surface area contributed by atoms with Crippen LogP contribution in [0.4, 0.5) is 0 Å². The van der Waals surface area contributed by atoms with Crippen LogP contribution >= 0.6 is 27.6 Å². The van der Waals surface area contributed by atoms with E-state index in [1.54, 1.807) is 0 Å². The third-order valence-electron chi connectivity index (χ3n) is 1.71.